The number of rotatable bonds is 5. The fourth-order valence-corrected chi connectivity index (χ4v) is 4.97. The zero-order valence-electron chi connectivity index (χ0n) is 15.5. The van der Waals surface area contributed by atoms with Crippen LogP contribution in [0.15, 0.2) is 41.3 Å². The van der Waals surface area contributed by atoms with E-state index >= 15 is 0 Å². The highest BCUT2D eigenvalue weighted by Gasteiger charge is 2.22. The summed E-state index contributed by atoms with van der Waals surface area (Å²) in [7, 11) is -0.112. The minimum atomic E-state index is -3.78. The van der Waals surface area contributed by atoms with Crippen molar-refractivity contribution in [3.05, 3.63) is 45.0 Å². The Balaban J connectivity index is 0.00000280. The molecule has 28 heavy (non-hydrogen) atoms. The van der Waals surface area contributed by atoms with Gasteiger partial charge in [0.25, 0.3) is 10.0 Å². The van der Waals surface area contributed by atoms with E-state index in [0.29, 0.717) is 16.5 Å². The number of nitrogens with zero attached hydrogens (tertiary/aromatic N) is 2. The summed E-state index contributed by atoms with van der Waals surface area (Å²) in [5.41, 5.74) is 1.14. The van der Waals surface area contributed by atoms with Crippen molar-refractivity contribution in [2.45, 2.75) is 4.90 Å². The Morgan fingerprint density at radius 2 is 1.79 bits per heavy atom. The van der Waals surface area contributed by atoms with E-state index < -0.39 is 10.0 Å². The second-order valence-electron chi connectivity index (χ2n) is 6.35. The topological polar surface area (TPSA) is 61.9 Å². The molecule has 6 nitrogen and oxygen atoms in total. The molecule has 10 heteroatoms. The molecular weight excluding hydrogens is 536 g/mol. The third-order valence-electron chi connectivity index (χ3n) is 4.48. The lowest BCUT2D eigenvalue weighted by Crippen LogP contribution is -2.44. The van der Waals surface area contributed by atoms with Crippen LogP contribution in [0.4, 0.5) is 11.4 Å². The molecule has 1 fully saturated rings. The number of sulfonamides is 1. The Labute approximate surface area is 190 Å². The van der Waals surface area contributed by atoms with Gasteiger partial charge in [0.2, 0.25) is 0 Å². The maximum atomic E-state index is 12.9. The number of hydrogen-bond donors (Lipinski definition) is 1. The number of anilines is 2. The van der Waals surface area contributed by atoms with Crippen LogP contribution in [0.2, 0.25) is 5.02 Å². The summed E-state index contributed by atoms with van der Waals surface area (Å²) in [6, 6.07) is 10.1. The van der Waals surface area contributed by atoms with Gasteiger partial charge in [-0.05, 0) is 66.0 Å². The molecule has 1 saturated heterocycles. The largest absolute Gasteiger partial charge is 0.495 e. The summed E-state index contributed by atoms with van der Waals surface area (Å²) in [4.78, 5) is 4.56. The number of hydrogen-bond acceptors (Lipinski definition) is 5. The van der Waals surface area contributed by atoms with Gasteiger partial charge in [-0.25, -0.2) is 8.42 Å². The fraction of sp³-hybridized carbons (Fsp3) is 0.333. The highest BCUT2D eigenvalue weighted by molar-refractivity contribution is 14.1. The lowest BCUT2D eigenvalue weighted by molar-refractivity contribution is 0.311. The average molecular weight is 558 g/mol. The summed E-state index contributed by atoms with van der Waals surface area (Å²) in [6.07, 6.45) is 0. The van der Waals surface area contributed by atoms with Crippen molar-refractivity contribution >= 4 is 68.0 Å². The standard InChI is InChI=1S/C18H21ClIN3O3S.ClH/c1-22-7-9-23(10-8-22)17-12-14(4-6-18(17)26-2)27(24,25)21-16-5-3-13(20)11-15(16)19;/h3-6,11-12,21H,7-10H2,1-2H3;1H. The molecule has 0 aliphatic carbocycles. The zero-order valence-corrected chi connectivity index (χ0v) is 20.0. The molecule has 0 bridgehead atoms. The van der Waals surface area contributed by atoms with Crippen molar-refractivity contribution in [2.75, 3.05) is 50.0 Å². The molecule has 154 valence electrons. The van der Waals surface area contributed by atoms with Crippen molar-refractivity contribution in [2.24, 2.45) is 0 Å². The van der Waals surface area contributed by atoms with Crippen LogP contribution < -0.4 is 14.4 Å². The van der Waals surface area contributed by atoms with Crippen molar-refractivity contribution in [1.82, 2.24) is 4.90 Å². The molecule has 0 radical (unpaired) electrons. The van der Waals surface area contributed by atoms with Gasteiger partial charge in [0, 0.05) is 29.7 Å². The number of likely N-dealkylation sites (N-methyl/N-ethyl adjacent to an activating group) is 1. The number of piperazine rings is 1. The molecule has 0 atom stereocenters. The second-order valence-corrected chi connectivity index (χ2v) is 9.69. The zero-order chi connectivity index (χ0) is 19.6. The van der Waals surface area contributed by atoms with E-state index in [1.807, 2.05) is 0 Å². The smallest absolute Gasteiger partial charge is 0.262 e. The quantitative estimate of drug-likeness (QED) is 0.564. The van der Waals surface area contributed by atoms with Gasteiger partial charge in [-0.1, -0.05) is 11.6 Å². The molecule has 1 aliphatic heterocycles. The SMILES string of the molecule is COc1ccc(S(=O)(=O)Nc2ccc(I)cc2Cl)cc1N1CCN(C)CC1.Cl. The number of benzene rings is 2. The van der Waals surface area contributed by atoms with Crippen LogP contribution in [0, 0.1) is 3.57 Å². The maximum Gasteiger partial charge on any atom is 0.262 e. The molecule has 1 heterocycles. The molecule has 1 N–H and O–H groups in total. The first-order chi connectivity index (χ1) is 12.8. The molecule has 0 unspecified atom stereocenters. The van der Waals surface area contributed by atoms with Crippen LogP contribution in [0.25, 0.3) is 0 Å². The molecule has 2 aromatic carbocycles. The Morgan fingerprint density at radius 3 is 2.39 bits per heavy atom. The van der Waals surface area contributed by atoms with E-state index in [1.165, 1.54) is 0 Å². The Kier molecular flexibility index (Phi) is 8.09. The predicted molar refractivity (Wildman–Crippen MR) is 125 cm³/mol. The highest BCUT2D eigenvalue weighted by Crippen LogP contribution is 2.33. The van der Waals surface area contributed by atoms with E-state index in [2.05, 4.69) is 44.2 Å². The Bertz CT molecular complexity index is 936. The van der Waals surface area contributed by atoms with Crippen LogP contribution in [-0.4, -0.2) is 53.7 Å². The van der Waals surface area contributed by atoms with Gasteiger partial charge in [0.15, 0.2) is 0 Å². The normalized spacial score (nSPS) is 15.1. The van der Waals surface area contributed by atoms with Crippen molar-refractivity contribution in [3.63, 3.8) is 0 Å². The molecule has 3 rings (SSSR count). The Morgan fingerprint density at radius 1 is 1.11 bits per heavy atom. The summed E-state index contributed by atoms with van der Waals surface area (Å²) >= 11 is 8.30. The minimum Gasteiger partial charge on any atom is -0.495 e. The van der Waals surface area contributed by atoms with Crippen LogP contribution >= 0.6 is 46.6 Å². The molecule has 0 spiro atoms. The number of nitrogens with one attached hydrogen (secondary N) is 1. The predicted octanol–water partition coefficient (Wildman–Crippen LogP) is 3.93. The van der Waals surface area contributed by atoms with E-state index in [4.69, 9.17) is 16.3 Å². The van der Waals surface area contributed by atoms with Gasteiger partial charge in [0.1, 0.15) is 5.75 Å². The monoisotopic (exact) mass is 557 g/mol. The molecule has 0 saturated carbocycles. The number of ether oxygens (including phenoxy) is 1. The van der Waals surface area contributed by atoms with Gasteiger partial charge < -0.3 is 14.5 Å². The molecule has 1 aliphatic rings. The number of halogens is 3. The maximum absolute atomic E-state index is 12.9. The third-order valence-corrected chi connectivity index (χ3v) is 6.83. The number of methoxy groups -OCH3 is 1. The van der Waals surface area contributed by atoms with E-state index in [9.17, 15) is 8.42 Å². The summed E-state index contributed by atoms with van der Waals surface area (Å²) < 4.78 is 34.7. The lowest BCUT2D eigenvalue weighted by atomic mass is 10.2. The minimum absolute atomic E-state index is 0. The van der Waals surface area contributed by atoms with Crippen LogP contribution in [0.3, 0.4) is 0 Å². The van der Waals surface area contributed by atoms with Gasteiger partial charge in [0.05, 0.1) is 28.4 Å². The van der Waals surface area contributed by atoms with Gasteiger partial charge >= 0.3 is 0 Å². The van der Waals surface area contributed by atoms with E-state index in [0.717, 1.165) is 35.4 Å². The van der Waals surface area contributed by atoms with Crippen LogP contribution in [-0.2, 0) is 10.0 Å². The van der Waals surface area contributed by atoms with Crippen molar-refractivity contribution in [1.29, 1.82) is 0 Å². The molecule has 0 aromatic heterocycles. The van der Waals surface area contributed by atoms with Crippen molar-refractivity contribution < 1.29 is 13.2 Å². The first-order valence-corrected chi connectivity index (χ1v) is 11.3. The summed E-state index contributed by atoms with van der Waals surface area (Å²) in [5, 5.41) is 0.360. The summed E-state index contributed by atoms with van der Waals surface area (Å²) in [6.45, 7) is 3.45. The fourth-order valence-electron chi connectivity index (χ4n) is 2.91. The van der Waals surface area contributed by atoms with E-state index in [-0.39, 0.29) is 17.3 Å². The van der Waals surface area contributed by atoms with Gasteiger partial charge in [-0.15, -0.1) is 12.4 Å². The Hall–Kier alpha value is -0.940. The van der Waals surface area contributed by atoms with Crippen LogP contribution in [0.5, 0.6) is 5.75 Å². The average Bonchev–Trinajstić information content (AvgIpc) is 2.64. The summed E-state index contributed by atoms with van der Waals surface area (Å²) in [5.74, 6) is 0.658. The van der Waals surface area contributed by atoms with Gasteiger partial charge in [-0.3, -0.25) is 4.72 Å². The first-order valence-electron chi connectivity index (χ1n) is 8.39. The van der Waals surface area contributed by atoms with Gasteiger partial charge in [-0.2, -0.15) is 0 Å². The second kappa shape index (κ2) is 9.71. The molecule has 0 amide bonds. The first kappa shape index (κ1) is 23.3. The third kappa shape index (κ3) is 5.35. The molecule has 2 aromatic rings. The molecular formula is C18H22Cl2IN3O3S. The lowest BCUT2D eigenvalue weighted by Gasteiger charge is -2.34. The van der Waals surface area contributed by atoms with E-state index in [1.54, 1.807) is 43.5 Å². The van der Waals surface area contributed by atoms with Crippen LogP contribution in [0.1, 0.15) is 0 Å². The van der Waals surface area contributed by atoms with Crippen molar-refractivity contribution in [3.8, 4) is 5.75 Å². The highest BCUT2D eigenvalue weighted by atomic mass is 127.